The molecule has 214 valence electrons. The Morgan fingerprint density at radius 2 is 1.62 bits per heavy atom. The maximum Gasteiger partial charge on any atom is 0.407 e. The average Bonchev–Trinajstić information content (AvgIpc) is 3.10. The van der Waals surface area contributed by atoms with E-state index >= 15 is 0 Å². The van der Waals surface area contributed by atoms with Crippen molar-refractivity contribution in [1.82, 2.24) is 9.80 Å². The van der Waals surface area contributed by atoms with Crippen LogP contribution in [0.25, 0.3) is 0 Å². The van der Waals surface area contributed by atoms with Crippen LogP contribution in [0.1, 0.15) is 99.6 Å². The molecule has 1 aliphatic rings. The Morgan fingerprint density at radius 1 is 1.08 bits per heavy atom. The van der Waals surface area contributed by atoms with Gasteiger partial charge in [0, 0.05) is 41.4 Å². The van der Waals surface area contributed by atoms with E-state index in [9.17, 15) is 19.8 Å². The summed E-state index contributed by atoms with van der Waals surface area (Å²) in [4.78, 5) is 28.0. The van der Waals surface area contributed by atoms with Crippen LogP contribution in [0, 0.1) is 5.41 Å². The Bertz CT molecular complexity index is 1240. The molecule has 0 aliphatic carbocycles. The molecule has 0 aromatic heterocycles. The number of ketones is 1. The molecule has 2 aromatic carbocycles. The van der Waals surface area contributed by atoms with E-state index in [-0.39, 0.29) is 51.7 Å². The number of carboxylic acid groups (broad SMARTS) is 1. The van der Waals surface area contributed by atoms with E-state index in [2.05, 4.69) is 0 Å². The molecule has 8 nitrogen and oxygen atoms in total. The van der Waals surface area contributed by atoms with E-state index in [4.69, 9.17) is 10.1 Å². The number of rotatable bonds is 7. The van der Waals surface area contributed by atoms with Gasteiger partial charge in [0.2, 0.25) is 0 Å². The van der Waals surface area contributed by atoms with Crippen LogP contribution in [-0.2, 0) is 17.4 Å². The smallest absolute Gasteiger partial charge is 0.407 e. The molecular formula is C30H42BrN3O5. The summed E-state index contributed by atoms with van der Waals surface area (Å²) in [5.41, 5.74) is 3.43. The highest BCUT2D eigenvalue weighted by Gasteiger charge is 2.32. The number of phenols is 1. The molecule has 0 bridgehead atoms. The van der Waals surface area contributed by atoms with Crippen molar-refractivity contribution in [2.75, 3.05) is 20.2 Å². The summed E-state index contributed by atoms with van der Waals surface area (Å²) in [6.07, 6.45) is -1.05. The van der Waals surface area contributed by atoms with Crippen LogP contribution in [0.4, 0.5) is 4.79 Å². The Hall–Kier alpha value is -3.07. The molecule has 0 saturated heterocycles. The third kappa shape index (κ3) is 6.57. The molecule has 1 amide bonds. The number of halogens is 1. The molecule has 1 unspecified atom stereocenters. The van der Waals surface area contributed by atoms with Crippen LogP contribution >= 0.6 is 17.0 Å². The highest BCUT2D eigenvalue weighted by Crippen LogP contribution is 2.40. The maximum atomic E-state index is 13.6. The normalized spacial score (nSPS) is 14.0. The number of nitrogens with zero attached hydrogens (tertiary/aromatic N) is 2. The third-order valence-electron chi connectivity index (χ3n) is 7.18. The summed E-state index contributed by atoms with van der Waals surface area (Å²) >= 11 is 0. The molecule has 1 atom stereocenters. The van der Waals surface area contributed by atoms with Crippen LogP contribution in [0.15, 0.2) is 24.3 Å². The first-order valence-corrected chi connectivity index (χ1v) is 13.0. The fraction of sp³-hybridized carbons (Fsp3) is 0.500. The molecule has 2 aromatic rings. The van der Waals surface area contributed by atoms with Crippen molar-refractivity contribution in [3.8, 4) is 11.5 Å². The lowest BCUT2D eigenvalue weighted by atomic mass is 9.78. The highest BCUT2D eigenvalue weighted by atomic mass is 79.9. The zero-order valence-corrected chi connectivity index (χ0v) is 26.1. The van der Waals surface area contributed by atoms with Gasteiger partial charge in [0.05, 0.1) is 19.2 Å². The third-order valence-corrected chi connectivity index (χ3v) is 7.18. The second-order valence-corrected chi connectivity index (χ2v) is 12.1. The zero-order valence-electron chi connectivity index (χ0n) is 24.4. The van der Waals surface area contributed by atoms with E-state index in [1.807, 2.05) is 60.6 Å². The molecule has 9 heteroatoms. The lowest BCUT2D eigenvalue weighted by Crippen LogP contribution is -2.31. The molecule has 3 rings (SSSR count). The average molecular weight is 605 g/mol. The number of hydrogen-bond acceptors (Lipinski definition) is 5. The van der Waals surface area contributed by atoms with Gasteiger partial charge in [0.1, 0.15) is 17.3 Å². The number of ether oxygens (including phenoxy) is 1. The number of fused-ring (bicyclic) bond motifs is 1. The van der Waals surface area contributed by atoms with Crippen molar-refractivity contribution < 1.29 is 24.5 Å². The number of Topliss-reactive ketones (excluding diaryl/α,β-unsaturated/α-hetero) is 1. The predicted octanol–water partition coefficient (Wildman–Crippen LogP) is 6.66. The number of aromatic hydroxyl groups is 1. The van der Waals surface area contributed by atoms with Crippen molar-refractivity contribution in [3.63, 3.8) is 0 Å². The van der Waals surface area contributed by atoms with Gasteiger partial charge in [-0.15, -0.1) is 17.0 Å². The topological polar surface area (TPSA) is 114 Å². The van der Waals surface area contributed by atoms with Crippen LogP contribution in [0.3, 0.4) is 0 Å². The molecule has 0 saturated carbocycles. The van der Waals surface area contributed by atoms with Gasteiger partial charge in [-0.25, -0.2) is 4.79 Å². The molecular weight excluding hydrogens is 562 g/mol. The summed E-state index contributed by atoms with van der Waals surface area (Å²) in [6.45, 7) is 16.5. The molecule has 0 radical (unpaired) electrons. The largest absolute Gasteiger partial charge is 0.507 e. The second-order valence-electron chi connectivity index (χ2n) is 12.1. The first-order chi connectivity index (χ1) is 17.5. The summed E-state index contributed by atoms with van der Waals surface area (Å²) in [5, 5.41) is 29.3. The number of amides is 1. The fourth-order valence-corrected chi connectivity index (χ4v) is 4.76. The summed E-state index contributed by atoms with van der Waals surface area (Å²) in [6, 6.07) is 6.73. The second kappa shape index (κ2) is 11.6. The summed E-state index contributed by atoms with van der Waals surface area (Å²) in [5.74, 6) is 0.881. The fourth-order valence-electron chi connectivity index (χ4n) is 4.76. The van der Waals surface area contributed by atoms with Crippen molar-refractivity contribution >= 4 is 34.7 Å². The number of hydrogen-bond donors (Lipinski definition) is 3. The van der Waals surface area contributed by atoms with E-state index in [1.165, 1.54) is 11.9 Å². The number of carbonyl (C=O) groups excluding carboxylic acids is 1. The van der Waals surface area contributed by atoms with Gasteiger partial charge in [-0.1, -0.05) is 41.5 Å². The van der Waals surface area contributed by atoms with Gasteiger partial charge < -0.3 is 24.7 Å². The molecule has 39 heavy (non-hydrogen) atoms. The lowest BCUT2D eigenvalue weighted by Gasteiger charge is -2.28. The van der Waals surface area contributed by atoms with Crippen LogP contribution in [0.2, 0.25) is 0 Å². The molecule has 0 spiro atoms. The Labute approximate surface area is 242 Å². The number of nitrogens with one attached hydrogen (secondary N) is 1. The lowest BCUT2D eigenvalue weighted by molar-refractivity contribution is 0.0962. The SMILES string of the molecule is Br.CCOc1cc2c(cc1C(C)N(C)C(=O)O)C(=N)N(CC(=O)c1cc(C(C)(C)C)c(O)c(C(C)(C)C)c1)C2. The Kier molecular flexibility index (Phi) is 9.54. The van der Waals surface area contributed by atoms with Crippen molar-refractivity contribution in [3.05, 3.63) is 57.6 Å². The van der Waals surface area contributed by atoms with Gasteiger partial charge in [0.15, 0.2) is 5.78 Å². The van der Waals surface area contributed by atoms with Gasteiger partial charge >= 0.3 is 6.09 Å². The number of amidine groups is 1. The first-order valence-electron chi connectivity index (χ1n) is 13.0. The van der Waals surface area contributed by atoms with Gasteiger partial charge in [-0.2, -0.15) is 0 Å². The minimum atomic E-state index is -1.05. The standard InChI is InChI=1S/C30H41N3O5.BrH/c1-10-38-25-13-19-15-33(27(31)21(19)14-20(25)17(2)32(9)28(36)37)16-24(34)18-11-22(29(3,4)5)26(35)23(12-18)30(6,7)8;/h11-14,17,31,35H,10,15-16H2,1-9H3,(H,36,37);1H. The molecule has 1 heterocycles. The van der Waals surface area contributed by atoms with E-state index in [1.54, 1.807) is 24.0 Å². The maximum absolute atomic E-state index is 13.6. The van der Waals surface area contributed by atoms with Crippen molar-refractivity contribution in [1.29, 1.82) is 5.41 Å². The molecule has 1 aliphatic heterocycles. The number of carbonyl (C=O) groups is 2. The highest BCUT2D eigenvalue weighted by molar-refractivity contribution is 8.93. The van der Waals surface area contributed by atoms with E-state index in [0.717, 1.165) is 16.7 Å². The first kappa shape index (κ1) is 32.1. The monoisotopic (exact) mass is 603 g/mol. The van der Waals surface area contributed by atoms with Crippen molar-refractivity contribution in [2.24, 2.45) is 0 Å². The zero-order chi connectivity index (χ0) is 28.7. The minimum absolute atomic E-state index is 0. The Morgan fingerprint density at radius 3 is 2.08 bits per heavy atom. The van der Waals surface area contributed by atoms with Gasteiger partial charge in [-0.3, -0.25) is 10.2 Å². The minimum Gasteiger partial charge on any atom is -0.507 e. The summed E-state index contributed by atoms with van der Waals surface area (Å²) < 4.78 is 5.84. The summed E-state index contributed by atoms with van der Waals surface area (Å²) in [7, 11) is 1.50. The van der Waals surface area contributed by atoms with Crippen LogP contribution in [0.5, 0.6) is 11.5 Å². The van der Waals surface area contributed by atoms with Gasteiger partial charge in [-0.05, 0) is 54.5 Å². The predicted molar refractivity (Wildman–Crippen MR) is 159 cm³/mol. The quantitative estimate of drug-likeness (QED) is 0.305. The molecule has 3 N–H and O–H groups in total. The van der Waals surface area contributed by atoms with Gasteiger partial charge in [0.25, 0.3) is 0 Å². The Balaban J connectivity index is 0.00000533. The molecule has 0 fully saturated rings. The van der Waals surface area contributed by atoms with E-state index < -0.39 is 12.1 Å². The number of phenolic OH excluding ortho intramolecular Hbond substituents is 1. The van der Waals surface area contributed by atoms with Crippen molar-refractivity contribution in [2.45, 2.75) is 78.8 Å². The van der Waals surface area contributed by atoms with Crippen LogP contribution in [-0.4, -0.2) is 57.9 Å². The van der Waals surface area contributed by atoms with Crippen LogP contribution < -0.4 is 4.74 Å². The van der Waals surface area contributed by atoms with E-state index in [0.29, 0.717) is 35.6 Å². The number of benzene rings is 2.